The first-order valence-electron chi connectivity index (χ1n) is 3.53. The summed E-state index contributed by atoms with van der Waals surface area (Å²) in [6.07, 6.45) is 3.03. The first kappa shape index (κ1) is 7.57. The molecular formula is C7H13NO2. The van der Waals surface area contributed by atoms with E-state index in [1.807, 2.05) is 0 Å². The van der Waals surface area contributed by atoms with Crippen molar-refractivity contribution in [2.24, 2.45) is 5.73 Å². The quantitative estimate of drug-likeness (QED) is 0.572. The highest BCUT2D eigenvalue weighted by Gasteiger charge is 2.11. The maximum Gasteiger partial charge on any atom is 0.0904 e. The Kier molecular flexibility index (Phi) is 2.71. The third-order valence-corrected chi connectivity index (χ3v) is 1.61. The minimum atomic E-state index is -0.500. The zero-order chi connectivity index (χ0) is 7.40. The molecule has 0 bridgehead atoms. The second-order valence-electron chi connectivity index (χ2n) is 2.42. The van der Waals surface area contributed by atoms with Crippen LogP contribution in [0.15, 0.2) is 11.8 Å². The number of aliphatic hydroxyl groups is 1. The number of hydrogen-bond acceptors (Lipinski definition) is 3. The topological polar surface area (TPSA) is 55.5 Å². The van der Waals surface area contributed by atoms with Crippen molar-refractivity contribution in [3.05, 3.63) is 11.8 Å². The molecule has 0 aromatic rings. The van der Waals surface area contributed by atoms with E-state index >= 15 is 0 Å². The second kappa shape index (κ2) is 3.58. The number of nitrogens with two attached hydrogens (primary N) is 1. The summed E-state index contributed by atoms with van der Waals surface area (Å²) in [5.74, 6) is 0. The predicted molar refractivity (Wildman–Crippen MR) is 38.3 cm³/mol. The van der Waals surface area contributed by atoms with Crippen molar-refractivity contribution < 1.29 is 9.84 Å². The van der Waals surface area contributed by atoms with Gasteiger partial charge >= 0.3 is 0 Å². The third-order valence-electron chi connectivity index (χ3n) is 1.61. The normalized spacial score (nSPS) is 21.2. The van der Waals surface area contributed by atoms with Crippen LogP contribution in [0.2, 0.25) is 0 Å². The molecule has 1 atom stereocenters. The van der Waals surface area contributed by atoms with Crippen LogP contribution >= 0.6 is 0 Å². The summed E-state index contributed by atoms with van der Waals surface area (Å²) in [5.41, 5.74) is 6.18. The summed E-state index contributed by atoms with van der Waals surface area (Å²) < 4.78 is 5.03. The van der Waals surface area contributed by atoms with E-state index in [-0.39, 0.29) is 6.54 Å². The third kappa shape index (κ3) is 1.72. The number of rotatable bonds is 2. The van der Waals surface area contributed by atoms with Crippen molar-refractivity contribution >= 4 is 0 Å². The highest BCUT2D eigenvalue weighted by atomic mass is 16.5. The summed E-state index contributed by atoms with van der Waals surface area (Å²) in [4.78, 5) is 0. The molecule has 0 saturated heterocycles. The fourth-order valence-electron chi connectivity index (χ4n) is 0.981. The van der Waals surface area contributed by atoms with Crippen molar-refractivity contribution in [2.75, 3.05) is 13.2 Å². The van der Waals surface area contributed by atoms with E-state index in [0.29, 0.717) is 0 Å². The molecule has 0 spiro atoms. The minimum absolute atomic E-state index is 0.287. The van der Waals surface area contributed by atoms with E-state index in [0.717, 1.165) is 25.0 Å². The van der Waals surface area contributed by atoms with Crippen molar-refractivity contribution in [3.8, 4) is 0 Å². The van der Waals surface area contributed by atoms with Crippen molar-refractivity contribution in [2.45, 2.75) is 18.9 Å². The molecule has 1 aliphatic heterocycles. The minimum Gasteiger partial charge on any atom is -0.501 e. The van der Waals surface area contributed by atoms with Gasteiger partial charge in [-0.2, -0.15) is 0 Å². The largest absolute Gasteiger partial charge is 0.501 e. The van der Waals surface area contributed by atoms with Gasteiger partial charge in [0, 0.05) is 6.54 Å². The molecule has 0 radical (unpaired) electrons. The standard InChI is InChI=1S/C7H13NO2/c8-4-7(9)6-2-1-3-10-5-6/h5,7,9H,1-4,8H2/t7-/m0/s1. The molecule has 1 rings (SSSR count). The molecule has 3 N–H and O–H groups in total. The highest BCUT2D eigenvalue weighted by Crippen LogP contribution is 2.14. The lowest BCUT2D eigenvalue weighted by atomic mass is 10.1. The highest BCUT2D eigenvalue weighted by molar-refractivity contribution is 5.06. The number of hydrogen-bond donors (Lipinski definition) is 2. The molecule has 0 fully saturated rings. The van der Waals surface area contributed by atoms with Gasteiger partial charge in [-0.05, 0) is 18.4 Å². The van der Waals surface area contributed by atoms with Crippen molar-refractivity contribution in [1.29, 1.82) is 0 Å². The smallest absolute Gasteiger partial charge is 0.0904 e. The van der Waals surface area contributed by atoms with Gasteiger partial charge in [-0.3, -0.25) is 0 Å². The van der Waals surface area contributed by atoms with E-state index in [4.69, 9.17) is 10.5 Å². The Morgan fingerprint density at radius 1 is 1.80 bits per heavy atom. The van der Waals surface area contributed by atoms with Crippen LogP contribution < -0.4 is 5.73 Å². The Hall–Kier alpha value is -0.540. The molecule has 0 aromatic heterocycles. The average molecular weight is 143 g/mol. The number of aliphatic hydroxyl groups excluding tert-OH is 1. The van der Waals surface area contributed by atoms with Crippen LogP contribution in [0.4, 0.5) is 0 Å². The van der Waals surface area contributed by atoms with Gasteiger partial charge in [0.15, 0.2) is 0 Å². The van der Waals surface area contributed by atoms with Gasteiger partial charge < -0.3 is 15.6 Å². The van der Waals surface area contributed by atoms with Crippen LogP contribution in [0.5, 0.6) is 0 Å². The van der Waals surface area contributed by atoms with E-state index < -0.39 is 6.10 Å². The Labute approximate surface area is 60.5 Å². The molecule has 58 valence electrons. The second-order valence-corrected chi connectivity index (χ2v) is 2.42. The average Bonchev–Trinajstić information content (AvgIpc) is 2.05. The van der Waals surface area contributed by atoms with Crippen molar-refractivity contribution in [1.82, 2.24) is 0 Å². The van der Waals surface area contributed by atoms with Crippen LogP contribution in [-0.2, 0) is 4.74 Å². The fourth-order valence-corrected chi connectivity index (χ4v) is 0.981. The summed E-state index contributed by atoms with van der Waals surface area (Å²) in [6, 6.07) is 0. The summed E-state index contributed by atoms with van der Waals surface area (Å²) >= 11 is 0. The van der Waals surface area contributed by atoms with Gasteiger partial charge in [-0.25, -0.2) is 0 Å². The van der Waals surface area contributed by atoms with E-state index in [9.17, 15) is 5.11 Å². The molecule has 3 heteroatoms. The van der Waals surface area contributed by atoms with Crippen LogP contribution in [-0.4, -0.2) is 24.4 Å². The Morgan fingerprint density at radius 3 is 3.10 bits per heavy atom. The van der Waals surface area contributed by atoms with Crippen LogP contribution in [0.3, 0.4) is 0 Å². The van der Waals surface area contributed by atoms with Crippen molar-refractivity contribution in [3.63, 3.8) is 0 Å². The van der Waals surface area contributed by atoms with Gasteiger partial charge in [-0.15, -0.1) is 0 Å². The first-order valence-corrected chi connectivity index (χ1v) is 3.53. The molecule has 0 amide bonds. The van der Waals surface area contributed by atoms with E-state index in [1.54, 1.807) is 6.26 Å². The molecule has 0 aliphatic carbocycles. The maximum atomic E-state index is 9.21. The Balaban J connectivity index is 2.44. The predicted octanol–water partition coefficient (Wildman–Crippen LogP) is 0.000300. The van der Waals surface area contributed by atoms with Crippen LogP contribution in [0.25, 0.3) is 0 Å². The van der Waals surface area contributed by atoms with Gasteiger partial charge in [0.1, 0.15) is 0 Å². The zero-order valence-corrected chi connectivity index (χ0v) is 5.92. The van der Waals surface area contributed by atoms with Crippen LogP contribution in [0.1, 0.15) is 12.8 Å². The Bertz CT molecular complexity index is 134. The molecular weight excluding hydrogens is 130 g/mol. The first-order chi connectivity index (χ1) is 4.84. The lowest BCUT2D eigenvalue weighted by molar-refractivity contribution is 0.173. The SMILES string of the molecule is NC[C@H](O)C1=COCCC1. The molecule has 10 heavy (non-hydrogen) atoms. The summed E-state index contributed by atoms with van der Waals surface area (Å²) in [5, 5.41) is 9.21. The number of ether oxygens (including phenoxy) is 1. The summed E-state index contributed by atoms with van der Waals surface area (Å²) in [6.45, 7) is 1.05. The van der Waals surface area contributed by atoms with E-state index in [1.165, 1.54) is 0 Å². The lowest BCUT2D eigenvalue weighted by Crippen LogP contribution is -2.23. The van der Waals surface area contributed by atoms with Crippen LogP contribution in [0, 0.1) is 0 Å². The lowest BCUT2D eigenvalue weighted by Gasteiger charge is -2.16. The van der Waals surface area contributed by atoms with Gasteiger partial charge in [0.05, 0.1) is 19.0 Å². The molecule has 1 aliphatic rings. The van der Waals surface area contributed by atoms with E-state index in [2.05, 4.69) is 0 Å². The molecule has 0 aromatic carbocycles. The molecule has 1 heterocycles. The fraction of sp³-hybridized carbons (Fsp3) is 0.714. The monoisotopic (exact) mass is 143 g/mol. The molecule has 0 unspecified atom stereocenters. The van der Waals surface area contributed by atoms with Gasteiger partial charge in [-0.1, -0.05) is 0 Å². The van der Waals surface area contributed by atoms with Gasteiger partial charge in [0.2, 0.25) is 0 Å². The zero-order valence-electron chi connectivity index (χ0n) is 5.92. The summed E-state index contributed by atoms with van der Waals surface area (Å²) in [7, 11) is 0. The maximum absolute atomic E-state index is 9.21. The van der Waals surface area contributed by atoms with Gasteiger partial charge in [0.25, 0.3) is 0 Å². The Morgan fingerprint density at radius 2 is 2.60 bits per heavy atom. The molecule has 0 saturated carbocycles. The molecule has 3 nitrogen and oxygen atoms in total.